The molecular weight excluding hydrogens is 254 g/mol. The Labute approximate surface area is 91.3 Å². The van der Waals surface area contributed by atoms with E-state index >= 15 is 0 Å². The molecule has 1 nitrogen and oxygen atoms in total. The van der Waals surface area contributed by atoms with Crippen LogP contribution in [0.4, 0.5) is 8.78 Å². The van der Waals surface area contributed by atoms with Crippen LogP contribution in [0.5, 0.6) is 0 Å². The number of hydrogen-bond donors (Lipinski definition) is 1. The average Bonchev–Trinajstić information content (AvgIpc) is 2.02. The molecule has 1 rings (SSSR count). The van der Waals surface area contributed by atoms with E-state index in [0.717, 1.165) is 38.2 Å². The van der Waals surface area contributed by atoms with Gasteiger partial charge in [-0.25, -0.2) is 0 Å². The fraction of sp³-hybridized carbons (Fsp3) is 0.800. The van der Waals surface area contributed by atoms with Gasteiger partial charge in [-0.3, -0.25) is 0 Å². The Hall–Kier alpha value is 0.0400. The van der Waals surface area contributed by atoms with Gasteiger partial charge in [-0.1, -0.05) is 25.3 Å². The molecule has 0 atom stereocenters. The lowest BCUT2D eigenvalue weighted by molar-refractivity contribution is 0.00665. The van der Waals surface area contributed by atoms with Crippen molar-refractivity contribution in [3.8, 4) is 0 Å². The first kappa shape index (κ1) is 12.1. The van der Waals surface area contributed by atoms with Gasteiger partial charge in [0.1, 0.15) is 0 Å². The smallest absolute Gasteiger partial charge is 0.319 e. The predicted octanol–water partition coefficient (Wildman–Crippen LogP) is 3.62. The van der Waals surface area contributed by atoms with Crippen LogP contribution < -0.4 is 0 Å². The van der Waals surface area contributed by atoms with Crippen LogP contribution in [0, 0.1) is 0 Å². The van der Waals surface area contributed by atoms with Crippen LogP contribution >= 0.6 is 15.9 Å². The summed E-state index contributed by atoms with van der Waals surface area (Å²) in [5.74, 6) is 0. The molecule has 82 valence electrons. The Bertz CT molecular complexity index is 205. The maximum Gasteiger partial charge on any atom is 0.319 e. The van der Waals surface area contributed by atoms with E-state index in [1.54, 1.807) is 0 Å². The molecular formula is C10H15BrF2O. The maximum atomic E-state index is 12.3. The van der Waals surface area contributed by atoms with Gasteiger partial charge in [0.25, 0.3) is 0 Å². The second-order valence-corrected chi connectivity index (χ2v) is 4.99. The van der Waals surface area contributed by atoms with Crippen molar-refractivity contribution in [2.75, 3.05) is 0 Å². The summed E-state index contributed by atoms with van der Waals surface area (Å²) in [6, 6.07) is 0. The zero-order valence-electron chi connectivity index (χ0n) is 7.98. The molecule has 1 N–H and O–H groups in total. The summed E-state index contributed by atoms with van der Waals surface area (Å²) in [7, 11) is 0. The highest BCUT2D eigenvalue weighted by molar-refractivity contribution is 9.10. The van der Waals surface area contributed by atoms with Crippen LogP contribution in [0.2, 0.25) is 0 Å². The lowest BCUT2D eigenvalue weighted by Crippen LogP contribution is -2.30. The zero-order chi connectivity index (χ0) is 10.7. The van der Waals surface area contributed by atoms with E-state index in [0.29, 0.717) is 6.42 Å². The van der Waals surface area contributed by atoms with E-state index in [9.17, 15) is 13.9 Å². The van der Waals surface area contributed by atoms with Crippen molar-refractivity contribution in [1.29, 1.82) is 0 Å². The van der Waals surface area contributed by atoms with E-state index in [-0.39, 0.29) is 0 Å². The minimum absolute atomic E-state index is 0.328. The standard InChI is InChI=1S/C10H15BrF2O/c11-10(12,13)8-4-7-9(14)5-2-1-3-6-9/h4,8,14H,1-3,5-7H2/b8-4+. The first-order valence-electron chi connectivity index (χ1n) is 4.88. The molecule has 0 bridgehead atoms. The molecule has 1 saturated carbocycles. The fourth-order valence-corrected chi connectivity index (χ4v) is 2.01. The molecule has 0 aromatic heterocycles. The van der Waals surface area contributed by atoms with Crippen molar-refractivity contribution in [1.82, 2.24) is 0 Å². The maximum absolute atomic E-state index is 12.3. The van der Waals surface area contributed by atoms with E-state index < -0.39 is 10.4 Å². The molecule has 0 heterocycles. The van der Waals surface area contributed by atoms with E-state index in [2.05, 4.69) is 15.9 Å². The Kier molecular flexibility index (Phi) is 4.07. The van der Waals surface area contributed by atoms with Gasteiger partial charge in [0.15, 0.2) is 0 Å². The predicted molar refractivity (Wildman–Crippen MR) is 55.7 cm³/mol. The molecule has 0 aliphatic heterocycles. The van der Waals surface area contributed by atoms with Crippen molar-refractivity contribution >= 4 is 15.9 Å². The molecule has 1 aliphatic rings. The first-order chi connectivity index (χ1) is 6.41. The Morgan fingerprint density at radius 3 is 2.36 bits per heavy atom. The summed E-state index contributed by atoms with van der Waals surface area (Å²) in [5, 5.41) is 9.96. The zero-order valence-corrected chi connectivity index (χ0v) is 9.56. The highest BCUT2D eigenvalue weighted by Crippen LogP contribution is 2.32. The molecule has 0 amide bonds. The number of hydrogen-bond acceptors (Lipinski definition) is 1. The number of allylic oxidation sites excluding steroid dienone is 1. The molecule has 0 saturated heterocycles. The van der Waals surface area contributed by atoms with Gasteiger partial charge in [-0.05, 0) is 41.3 Å². The van der Waals surface area contributed by atoms with Crippen LogP contribution in [0.25, 0.3) is 0 Å². The third-order valence-electron chi connectivity index (χ3n) is 2.59. The summed E-state index contributed by atoms with van der Waals surface area (Å²) < 4.78 is 24.7. The van der Waals surface area contributed by atoms with Crippen molar-refractivity contribution in [2.24, 2.45) is 0 Å². The van der Waals surface area contributed by atoms with Gasteiger partial charge in [-0.2, -0.15) is 8.78 Å². The normalized spacial score (nSPS) is 22.9. The highest BCUT2D eigenvalue weighted by Gasteiger charge is 2.28. The third-order valence-corrected chi connectivity index (χ3v) is 2.85. The van der Waals surface area contributed by atoms with Crippen molar-refractivity contribution in [3.63, 3.8) is 0 Å². The summed E-state index contributed by atoms with van der Waals surface area (Å²) in [4.78, 5) is -2.95. The molecule has 1 fully saturated rings. The average molecular weight is 269 g/mol. The molecule has 1 aliphatic carbocycles. The quantitative estimate of drug-likeness (QED) is 0.613. The Morgan fingerprint density at radius 1 is 1.29 bits per heavy atom. The van der Waals surface area contributed by atoms with Gasteiger partial charge in [0, 0.05) is 0 Å². The van der Waals surface area contributed by atoms with Gasteiger partial charge in [0.05, 0.1) is 5.60 Å². The molecule has 14 heavy (non-hydrogen) atoms. The summed E-state index contributed by atoms with van der Waals surface area (Å²) >= 11 is 2.22. The van der Waals surface area contributed by atoms with Crippen molar-refractivity contribution in [2.45, 2.75) is 49.0 Å². The summed E-state index contributed by atoms with van der Waals surface area (Å²) in [6.07, 6.45) is 7.06. The second-order valence-electron chi connectivity index (χ2n) is 3.93. The summed E-state index contributed by atoms with van der Waals surface area (Å²) in [5.41, 5.74) is -0.743. The lowest BCUT2D eigenvalue weighted by Gasteiger charge is -2.31. The Balaban J connectivity index is 2.39. The van der Waals surface area contributed by atoms with Crippen molar-refractivity contribution in [3.05, 3.63) is 12.2 Å². The van der Waals surface area contributed by atoms with Gasteiger partial charge >= 0.3 is 4.83 Å². The third kappa shape index (κ3) is 4.51. The van der Waals surface area contributed by atoms with E-state index in [1.165, 1.54) is 6.08 Å². The summed E-state index contributed by atoms with van der Waals surface area (Å²) in [6.45, 7) is 0. The molecule has 4 heteroatoms. The van der Waals surface area contributed by atoms with Gasteiger partial charge in [0.2, 0.25) is 0 Å². The highest BCUT2D eigenvalue weighted by atomic mass is 79.9. The molecule has 0 aromatic carbocycles. The monoisotopic (exact) mass is 268 g/mol. The van der Waals surface area contributed by atoms with Crippen molar-refractivity contribution < 1.29 is 13.9 Å². The molecule has 0 radical (unpaired) electrons. The fourth-order valence-electron chi connectivity index (χ4n) is 1.83. The molecule has 0 spiro atoms. The first-order valence-corrected chi connectivity index (χ1v) is 5.67. The SMILES string of the molecule is OC1(C/C=C/C(F)(F)Br)CCCCC1. The van der Waals surface area contributed by atoms with Crippen LogP contribution in [0.15, 0.2) is 12.2 Å². The van der Waals surface area contributed by atoms with Gasteiger partial charge < -0.3 is 5.11 Å². The van der Waals surface area contributed by atoms with Crippen LogP contribution in [-0.4, -0.2) is 15.5 Å². The Morgan fingerprint density at radius 2 is 1.86 bits per heavy atom. The van der Waals surface area contributed by atoms with E-state index in [1.807, 2.05) is 0 Å². The van der Waals surface area contributed by atoms with E-state index in [4.69, 9.17) is 0 Å². The number of halogens is 3. The largest absolute Gasteiger partial charge is 0.390 e. The number of aliphatic hydroxyl groups is 1. The van der Waals surface area contributed by atoms with Crippen LogP contribution in [0.3, 0.4) is 0 Å². The number of alkyl halides is 3. The van der Waals surface area contributed by atoms with Crippen LogP contribution in [0.1, 0.15) is 38.5 Å². The second kappa shape index (κ2) is 4.71. The molecule has 0 unspecified atom stereocenters. The molecule has 0 aromatic rings. The number of rotatable bonds is 3. The topological polar surface area (TPSA) is 20.2 Å². The minimum atomic E-state index is -2.95. The van der Waals surface area contributed by atoms with Crippen LogP contribution in [-0.2, 0) is 0 Å². The van der Waals surface area contributed by atoms with Gasteiger partial charge in [-0.15, -0.1) is 0 Å². The lowest BCUT2D eigenvalue weighted by atomic mass is 9.82. The minimum Gasteiger partial charge on any atom is -0.390 e.